The molecule has 0 spiro atoms. The van der Waals surface area contributed by atoms with Crippen LogP contribution in [0, 0.1) is 0 Å². The van der Waals surface area contributed by atoms with Crippen LogP contribution >= 0.6 is 0 Å². The maximum atomic E-state index is 9.26. The second-order valence-corrected chi connectivity index (χ2v) is 5.23. The highest BCUT2D eigenvalue weighted by atomic mass is 16.5. The fourth-order valence-corrected chi connectivity index (χ4v) is 2.44. The van der Waals surface area contributed by atoms with Crippen LogP contribution in [0.5, 0.6) is 0 Å². The second kappa shape index (κ2) is 7.67. The summed E-state index contributed by atoms with van der Waals surface area (Å²) in [7, 11) is 0. The van der Waals surface area contributed by atoms with Gasteiger partial charge in [-0.25, -0.2) is 0 Å². The maximum Gasteiger partial charge on any atom is 0.240 e. The fourth-order valence-electron chi connectivity index (χ4n) is 2.44. The summed E-state index contributed by atoms with van der Waals surface area (Å²) in [5.41, 5.74) is 2.06. The standard InChI is InChI=1S/C18H19N3O2/c22-12-11-16(14-7-3-1-4-8-14)19-13-17-20-18(21-23-17)15-9-5-2-6-10-15/h1-10,16,19,22H,11-13H2. The highest BCUT2D eigenvalue weighted by Gasteiger charge is 2.13. The Hall–Kier alpha value is -2.50. The number of nitrogens with one attached hydrogen (secondary N) is 1. The normalized spacial score (nSPS) is 12.2. The average Bonchev–Trinajstić information content (AvgIpc) is 3.09. The minimum atomic E-state index is 0.0493. The third-order valence-electron chi connectivity index (χ3n) is 3.62. The van der Waals surface area contributed by atoms with E-state index in [4.69, 9.17) is 4.52 Å². The summed E-state index contributed by atoms with van der Waals surface area (Å²) in [4.78, 5) is 4.40. The van der Waals surface area contributed by atoms with Crippen molar-refractivity contribution in [3.8, 4) is 11.4 Å². The smallest absolute Gasteiger partial charge is 0.240 e. The van der Waals surface area contributed by atoms with E-state index in [1.165, 1.54) is 0 Å². The first-order chi connectivity index (χ1) is 11.4. The zero-order valence-electron chi connectivity index (χ0n) is 12.7. The Bertz CT molecular complexity index is 713. The fraction of sp³-hybridized carbons (Fsp3) is 0.222. The van der Waals surface area contributed by atoms with Crippen LogP contribution in [0.2, 0.25) is 0 Å². The molecule has 1 aromatic heterocycles. The van der Waals surface area contributed by atoms with E-state index in [9.17, 15) is 5.11 Å². The van der Waals surface area contributed by atoms with Crippen molar-refractivity contribution in [1.29, 1.82) is 0 Å². The van der Waals surface area contributed by atoms with Crippen LogP contribution in [0.15, 0.2) is 65.2 Å². The minimum absolute atomic E-state index is 0.0493. The monoisotopic (exact) mass is 309 g/mol. The van der Waals surface area contributed by atoms with E-state index >= 15 is 0 Å². The van der Waals surface area contributed by atoms with Crippen LogP contribution in [0.4, 0.5) is 0 Å². The van der Waals surface area contributed by atoms with Crippen molar-refractivity contribution >= 4 is 0 Å². The molecule has 0 aliphatic carbocycles. The van der Waals surface area contributed by atoms with Crippen LogP contribution in [0.3, 0.4) is 0 Å². The maximum absolute atomic E-state index is 9.26. The van der Waals surface area contributed by atoms with Crippen molar-refractivity contribution in [2.24, 2.45) is 0 Å². The Labute approximate surface area is 135 Å². The summed E-state index contributed by atoms with van der Waals surface area (Å²) in [5, 5.41) is 16.6. The van der Waals surface area contributed by atoms with Crippen molar-refractivity contribution in [1.82, 2.24) is 15.5 Å². The van der Waals surface area contributed by atoms with Crippen LogP contribution < -0.4 is 5.32 Å². The Morgan fingerprint density at radius 1 is 1.00 bits per heavy atom. The number of aliphatic hydroxyl groups excluding tert-OH is 1. The molecule has 0 saturated carbocycles. The topological polar surface area (TPSA) is 71.2 Å². The quantitative estimate of drug-likeness (QED) is 0.702. The molecule has 0 radical (unpaired) electrons. The number of nitrogens with zero attached hydrogens (tertiary/aromatic N) is 2. The van der Waals surface area contributed by atoms with Gasteiger partial charge < -0.3 is 14.9 Å². The van der Waals surface area contributed by atoms with Crippen molar-refractivity contribution in [2.45, 2.75) is 19.0 Å². The molecule has 0 amide bonds. The summed E-state index contributed by atoms with van der Waals surface area (Å²) < 4.78 is 5.30. The molecule has 0 bridgehead atoms. The highest BCUT2D eigenvalue weighted by Crippen LogP contribution is 2.18. The van der Waals surface area contributed by atoms with Crippen molar-refractivity contribution in [2.75, 3.05) is 6.61 Å². The molecule has 3 aromatic rings. The van der Waals surface area contributed by atoms with Crippen LogP contribution in [-0.4, -0.2) is 21.9 Å². The van der Waals surface area contributed by atoms with Gasteiger partial charge in [0.1, 0.15) is 0 Å². The lowest BCUT2D eigenvalue weighted by molar-refractivity contribution is 0.261. The first kappa shape index (κ1) is 15.4. The Morgan fingerprint density at radius 3 is 2.39 bits per heavy atom. The first-order valence-electron chi connectivity index (χ1n) is 7.64. The van der Waals surface area contributed by atoms with Gasteiger partial charge in [-0.15, -0.1) is 0 Å². The van der Waals surface area contributed by atoms with Crippen molar-refractivity contribution in [3.05, 3.63) is 72.1 Å². The van der Waals surface area contributed by atoms with Gasteiger partial charge >= 0.3 is 0 Å². The third kappa shape index (κ3) is 4.03. The van der Waals surface area contributed by atoms with Gasteiger partial charge in [0.25, 0.3) is 0 Å². The zero-order valence-corrected chi connectivity index (χ0v) is 12.7. The average molecular weight is 309 g/mol. The molecule has 1 unspecified atom stereocenters. The first-order valence-corrected chi connectivity index (χ1v) is 7.64. The van der Waals surface area contributed by atoms with E-state index < -0.39 is 0 Å². The number of benzene rings is 2. The largest absolute Gasteiger partial charge is 0.396 e. The van der Waals surface area contributed by atoms with E-state index in [1.807, 2.05) is 60.7 Å². The van der Waals surface area contributed by atoms with Gasteiger partial charge in [0.15, 0.2) is 0 Å². The summed E-state index contributed by atoms with van der Waals surface area (Å²) in [5.74, 6) is 1.11. The van der Waals surface area contributed by atoms with Crippen molar-refractivity contribution < 1.29 is 9.63 Å². The molecule has 0 aliphatic rings. The van der Waals surface area contributed by atoms with Crippen LogP contribution in [0.25, 0.3) is 11.4 Å². The second-order valence-electron chi connectivity index (χ2n) is 5.23. The molecule has 1 heterocycles. The Balaban J connectivity index is 1.66. The van der Waals surface area contributed by atoms with Gasteiger partial charge in [0.05, 0.1) is 6.54 Å². The number of aromatic nitrogens is 2. The summed E-state index contributed by atoms with van der Waals surface area (Å²) in [6, 6.07) is 19.8. The van der Waals surface area contributed by atoms with Gasteiger partial charge in [-0.05, 0) is 12.0 Å². The lowest BCUT2D eigenvalue weighted by Gasteiger charge is -2.16. The molecule has 5 nitrogen and oxygen atoms in total. The van der Waals surface area contributed by atoms with E-state index in [0.717, 1.165) is 11.1 Å². The molecule has 23 heavy (non-hydrogen) atoms. The third-order valence-corrected chi connectivity index (χ3v) is 3.62. The minimum Gasteiger partial charge on any atom is -0.396 e. The molecular formula is C18H19N3O2. The van der Waals surface area contributed by atoms with Gasteiger partial charge in [-0.2, -0.15) is 4.98 Å². The van der Waals surface area contributed by atoms with E-state index in [0.29, 0.717) is 24.7 Å². The molecule has 118 valence electrons. The molecule has 5 heteroatoms. The van der Waals surface area contributed by atoms with Crippen molar-refractivity contribution in [3.63, 3.8) is 0 Å². The number of aliphatic hydroxyl groups is 1. The van der Waals surface area contributed by atoms with Gasteiger partial charge in [-0.3, -0.25) is 0 Å². The van der Waals surface area contributed by atoms with Gasteiger partial charge in [-0.1, -0.05) is 65.8 Å². The highest BCUT2D eigenvalue weighted by molar-refractivity contribution is 5.53. The summed E-state index contributed by atoms with van der Waals surface area (Å²) in [6.45, 7) is 0.574. The van der Waals surface area contributed by atoms with Gasteiger partial charge in [0, 0.05) is 18.2 Å². The lowest BCUT2D eigenvalue weighted by atomic mass is 10.0. The van der Waals surface area contributed by atoms with Gasteiger partial charge in [0.2, 0.25) is 11.7 Å². The van der Waals surface area contributed by atoms with E-state index in [-0.39, 0.29) is 12.6 Å². The predicted molar refractivity (Wildman–Crippen MR) is 87.5 cm³/mol. The number of hydrogen-bond acceptors (Lipinski definition) is 5. The molecule has 0 saturated heterocycles. The SMILES string of the molecule is OCCC(NCc1nc(-c2ccccc2)no1)c1ccccc1. The van der Waals surface area contributed by atoms with Crippen LogP contribution in [0.1, 0.15) is 23.9 Å². The lowest BCUT2D eigenvalue weighted by Crippen LogP contribution is -2.22. The molecule has 1 atom stereocenters. The molecule has 2 aromatic carbocycles. The molecular weight excluding hydrogens is 290 g/mol. The number of rotatable bonds is 7. The molecule has 2 N–H and O–H groups in total. The molecule has 0 fully saturated rings. The number of hydrogen-bond donors (Lipinski definition) is 2. The van der Waals surface area contributed by atoms with E-state index in [2.05, 4.69) is 15.5 Å². The zero-order chi connectivity index (χ0) is 15.9. The van der Waals surface area contributed by atoms with E-state index in [1.54, 1.807) is 0 Å². The van der Waals surface area contributed by atoms with Crippen LogP contribution in [-0.2, 0) is 6.54 Å². The Kier molecular flexibility index (Phi) is 5.13. The predicted octanol–water partition coefficient (Wildman–Crippen LogP) is 2.95. The summed E-state index contributed by atoms with van der Waals surface area (Å²) in [6.07, 6.45) is 0.629. The summed E-state index contributed by atoms with van der Waals surface area (Å²) >= 11 is 0. The Morgan fingerprint density at radius 2 is 1.70 bits per heavy atom. The molecule has 3 rings (SSSR count). The molecule has 0 aliphatic heterocycles.